The van der Waals surface area contributed by atoms with Crippen LogP contribution in [0, 0.1) is 11.3 Å². The van der Waals surface area contributed by atoms with Crippen molar-refractivity contribution in [1.82, 2.24) is 4.90 Å². The summed E-state index contributed by atoms with van der Waals surface area (Å²) in [5.41, 5.74) is 0.501. The first-order valence-corrected chi connectivity index (χ1v) is 6.92. The summed E-state index contributed by atoms with van der Waals surface area (Å²) in [7, 11) is 0. The second-order valence-corrected chi connectivity index (χ2v) is 6.08. The highest BCUT2D eigenvalue weighted by atomic mass is 16.2. The van der Waals surface area contributed by atoms with Crippen molar-refractivity contribution in [1.29, 1.82) is 0 Å². The highest BCUT2D eigenvalue weighted by molar-refractivity contribution is 5.78. The van der Waals surface area contributed by atoms with E-state index in [1.54, 1.807) is 0 Å². The Balaban J connectivity index is 2.00. The van der Waals surface area contributed by atoms with E-state index >= 15 is 0 Å². The number of rotatable bonds is 1. The molecule has 0 N–H and O–H groups in total. The predicted octanol–water partition coefficient (Wildman–Crippen LogP) is 3.22. The van der Waals surface area contributed by atoms with Gasteiger partial charge in [-0.3, -0.25) is 4.79 Å². The van der Waals surface area contributed by atoms with E-state index in [0.717, 1.165) is 13.1 Å². The van der Waals surface area contributed by atoms with E-state index in [1.807, 2.05) is 13.8 Å². The number of carbonyl (C=O) groups is 1. The summed E-state index contributed by atoms with van der Waals surface area (Å²) < 4.78 is 0. The summed E-state index contributed by atoms with van der Waals surface area (Å²) in [5, 5.41) is 0. The summed E-state index contributed by atoms with van der Waals surface area (Å²) in [4.78, 5) is 14.2. The van der Waals surface area contributed by atoms with Gasteiger partial charge in [0, 0.05) is 19.0 Å². The summed E-state index contributed by atoms with van der Waals surface area (Å²) >= 11 is 0. The molecule has 1 spiro atoms. The topological polar surface area (TPSA) is 20.3 Å². The molecule has 2 aliphatic rings. The van der Waals surface area contributed by atoms with Crippen molar-refractivity contribution in [3.8, 4) is 0 Å². The molecule has 2 rings (SSSR count). The summed E-state index contributed by atoms with van der Waals surface area (Å²) in [6.07, 6.45) is 9.45. The third-order valence-electron chi connectivity index (χ3n) is 4.38. The van der Waals surface area contributed by atoms with Crippen molar-refractivity contribution in [3.05, 3.63) is 0 Å². The normalized spacial score (nSPS) is 25.1. The quantitative estimate of drug-likeness (QED) is 0.668. The predicted molar refractivity (Wildman–Crippen MR) is 66.2 cm³/mol. The van der Waals surface area contributed by atoms with Gasteiger partial charge in [0.15, 0.2) is 0 Å². The van der Waals surface area contributed by atoms with Crippen molar-refractivity contribution < 1.29 is 4.79 Å². The van der Waals surface area contributed by atoms with Gasteiger partial charge in [-0.05, 0) is 31.1 Å². The van der Waals surface area contributed by atoms with Crippen LogP contribution in [0.4, 0.5) is 0 Å². The first kappa shape index (κ1) is 11.9. The van der Waals surface area contributed by atoms with Gasteiger partial charge in [-0.25, -0.2) is 0 Å². The molecule has 1 saturated carbocycles. The summed E-state index contributed by atoms with van der Waals surface area (Å²) in [6.45, 7) is 6.08. The van der Waals surface area contributed by atoms with Crippen LogP contribution in [0.1, 0.15) is 58.8 Å². The van der Waals surface area contributed by atoms with Gasteiger partial charge in [0.2, 0.25) is 5.91 Å². The zero-order valence-corrected chi connectivity index (χ0v) is 10.8. The van der Waals surface area contributed by atoms with Crippen molar-refractivity contribution in [2.24, 2.45) is 11.3 Å². The molecule has 1 aliphatic carbocycles. The van der Waals surface area contributed by atoms with Gasteiger partial charge in [-0.15, -0.1) is 0 Å². The summed E-state index contributed by atoms with van der Waals surface area (Å²) in [5.74, 6) is 0.531. The van der Waals surface area contributed by atoms with Crippen LogP contribution in [0.15, 0.2) is 0 Å². The lowest BCUT2D eigenvalue weighted by Gasteiger charge is -2.45. The maximum Gasteiger partial charge on any atom is 0.225 e. The number of piperidine rings is 1. The minimum atomic E-state index is 0.166. The Labute approximate surface area is 99.4 Å². The lowest BCUT2D eigenvalue weighted by molar-refractivity contribution is -0.138. The lowest BCUT2D eigenvalue weighted by atomic mass is 9.69. The van der Waals surface area contributed by atoms with E-state index < -0.39 is 0 Å². The van der Waals surface area contributed by atoms with E-state index in [4.69, 9.17) is 0 Å². The molecule has 2 heteroatoms. The van der Waals surface area contributed by atoms with Crippen LogP contribution in [-0.4, -0.2) is 23.9 Å². The Kier molecular flexibility index (Phi) is 3.56. The zero-order chi connectivity index (χ0) is 11.6. The minimum absolute atomic E-state index is 0.166. The van der Waals surface area contributed by atoms with Gasteiger partial charge in [-0.1, -0.05) is 33.1 Å². The fourth-order valence-electron chi connectivity index (χ4n) is 3.47. The molecule has 0 aromatic rings. The SMILES string of the molecule is CC(C)C(=O)N1CCCC2(CCCCC2)C1. The molecule has 0 aromatic carbocycles. The molecule has 1 saturated heterocycles. The number of likely N-dealkylation sites (tertiary alicyclic amines) is 1. The van der Waals surface area contributed by atoms with Gasteiger partial charge in [0.25, 0.3) is 0 Å². The molecular formula is C14H25NO. The smallest absolute Gasteiger partial charge is 0.225 e. The molecule has 1 aliphatic heterocycles. The second-order valence-electron chi connectivity index (χ2n) is 6.08. The van der Waals surface area contributed by atoms with Crippen molar-refractivity contribution in [2.45, 2.75) is 58.8 Å². The highest BCUT2D eigenvalue weighted by Gasteiger charge is 2.38. The number of carbonyl (C=O) groups excluding carboxylic acids is 1. The first-order chi connectivity index (χ1) is 7.63. The fourth-order valence-corrected chi connectivity index (χ4v) is 3.47. The van der Waals surface area contributed by atoms with Gasteiger partial charge in [0.1, 0.15) is 0 Å². The van der Waals surface area contributed by atoms with Crippen LogP contribution >= 0.6 is 0 Å². The molecule has 92 valence electrons. The largest absolute Gasteiger partial charge is 0.342 e. The standard InChI is InChI=1S/C14H25NO/c1-12(2)13(16)15-10-6-9-14(11-15)7-4-3-5-8-14/h12H,3-11H2,1-2H3. The van der Waals surface area contributed by atoms with Crippen LogP contribution < -0.4 is 0 Å². The van der Waals surface area contributed by atoms with Gasteiger partial charge >= 0.3 is 0 Å². The third-order valence-corrected chi connectivity index (χ3v) is 4.38. The van der Waals surface area contributed by atoms with Crippen LogP contribution in [0.5, 0.6) is 0 Å². The molecule has 0 aromatic heterocycles. The Morgan fingerprint density at radius 1 is 1.06 bits per heavy atom. The molecule has 0 atom stereocenters. The molecule has 1 amide bonds. The van der Waals surface area contributed by atoms with E-state index in [1.165, 1.54) is 44.9 Å². The van der Waals surface area contributed by atoms with Crippen molar-refractivity contribution in [3.63, 3.8) is 0 Å². The monoisotopic (exact) mass is 223 g/mol. The van der Waals surface area contributed by atoms with Gasteiger partial charge in [0.05, 0.1) is 0 Å². The minimum Gasteiger partial charge on any atom is -0.342 e. The van der Waals surface area contributed by atoms with Crippen LogP contribution in [0.3, 0.4) is 0 Å². The molecule has 0 radical (unpaired) electrons. The zero-order valence-electron chi connectivity index (χ0n) is 10.8. The number of nitrogens with zero attached hydrogens (tertiary/aromatic N) is 1. The first-order valence-electron chi connectivity index (χ1n) is 6.92. The fraction of sp³-hybridized carbons (Fsp3) is 0.929. The Morgan fingerprint density at radius 2 is 1.69 bits per heavy atom. The third kappa shape index (κ3) is 2.41. The van der Waals surface area contributed by atoms with E-state index in [0.29, 0.717) is 11.3 Å². The maximum absolute atomic E-state index is 12.0. The van der Waals surface area contributed by atoms with Gasteiger partial charge in [-0.2, -0.15) is 0 Å². The van der Waals surface area contributed by atoms with E-state index in [2.05, 4.69) is 4.90 Å². The number of hydrogen-bond acceptors (Lipinski definition) is 1. The Bertz CT molecular complexity index is 248. The molecule has 1 heterocycles. The van der Waals surface area contributed by atoms with Crippen LogP contribution in [-0.2, 0) is 4.79 Å². The van der Waals surface area contributed by atoms with Gasteiger partial charge < -0.3 is 4.90 Å². The Hall–Kier alpha value is -0.530. The van der Waals surface area contributed by atoms with E-state index in [9.17, 15) is 4.79 Å². The Morgan fingerprint density at radius 3 is 2.31 bits per heavy atom. The van der Waals surface area contributed by atoms with Crippen molar-refractivity contribution in [2.75, 3.05) is 13.1 Å². The number of hydrogen-bond donors (Lipinski definition) is 0. The molecule has 2 fully saturated rings. The van der Waals surface area contributed by atoms with Crippen LogP contribution in [0.25, 0.3) is 0 Å². The van der Waals surface area contributed by atoms with Crippen molar-refractivity contribution >= 4 is 5.91 Å². The number of amides is 1. The molecule has 2 nitrogen and oxygen atoms in total. The highest BCUT2D eigenvalue weighted by Crippen LogP contribution is 2.43. The second kappa shape index (κ2) is 4.77. The van der Waals surface area contributed by atoms with E-state index in [-0.39, 0.29) is 5.92 Å². The summed E-state index contributed by atoms with van der Waals surface area (Å²) in [6, 6.07) is 0. The molecule has 0 bridgehead atoms. The molecule has 0 unspecified atom stereocenters. The maximum atomic E-state index is 12.0. The molecular weight excluding hydrogens is 198 g/mol. The van der Waals surface area contributed by atoms with Crippen LogP contribution in [0.2, 0.25) is 0 Å². The average molecular weight is 223 g/mol. The average Bonchev–Trinajstić information content (AvgIpc) is 2.29. The lowest BCUT2D eigenvalue weighted by Crippen LogP contribution is -2.48. The molecule has 16 heavy (non-hydrogen) atoms.